The zero-order valence-electron chi connectivity index (χ0n) is 15.8. The first-order chi connectivity index (χ1) is 14.1. The highest BCUT2D eigenvalue weighted by atomic mass is 32.2. The Labute approximate surface area is 173 Å². The molecule has 0 radical (unpaired) electrons. The number of nitrogens with zero attached hydrogens (tertiary/aromatic N) is 4. The molecule has 1 aliphatic rings. The third-order valence-electron chi connectivity index (χ3n) is 4.62. The van der Waals surface area contributed by atoms with Gasteiger partial charge in [-0.1, -0.05) is 12.1 Å². The highest BCUT2D eigenvalue weighted by Gasteiger charge is 2.20. The number of rotatable bonds is 7. The van der Waals surface area contributed by atoms with E-state index in [0.717, 1.165) is 42.4 Å². The second-order valence-electron chi connectivity index (χ2n) is 6.53. The molecule has 1 saturated heterocycles. The molecule has 0 unspecified atom stereocenters. The predicted octanol–water partition coefficient (Wildman–Crippen LogP) is 2.97. The number of nitro benzene ring substituents is 1. The minimum atomic E-state index is -0.405. The standard InChI is InChI=1S/C20H21N5O3S/c21-9-14-29-19-4-2-1-3-18(19)22-20(26)15-23-10-12-24(13-11-23)16-5-7-17(8-6-16)25(27)28/h1-8H,10-15H2,(H,22,26). The number of amides is 1. The van der Waals surface area contributed by atoms with Crippen LogP contribution >= 0.6 is 11.8 Å². The first-order valence-corrected chi connectivity index (χ1v) is 10.2. The maximum Gasteiger partial charge on any atom is 0.269 e. The van der Waals surface area contributed by atoms with Gasteiger partial charge >= 0.3 is 0 Å². The fourth-order valence-electron chi connectivity index (χ4n) is 3.15. The van der Waals surface area contributed by atoms with Crippen LogP contribution in [0, 0.1) is 21.4 Å². The van der Waals surface area contributed by atoms with Crippen LogP contribution in [0.25, 0.3) is 0 Å². The maximum absolute atomic E-state index is 12.5. The van der Waals surface area contributed by atoms with E-state index >= 15 is 0 Å². The van der Waals surface area contributed by atoms with E-state index in [1.165, 1.54) is 23.9 Å². The van der Waals surface area contributed by atoms with Crippen LogP contribution in [0.4, 0.5) is 17.1 Å². The summed E-state index contributed by atoms with van der Waals surface area (Å²) in [5, 5.41) is 22.5. The Hall–Kier alpha value is -3.09. The van der Waals surface area contributed by atoms with Crippen molar-refractivity contribution >= 4 is 34.7 Å². The molecule has 3 rings (SSSR count). The van der Waals surface area contributed by atoms with Crippen LogP contribution in [-0.4, -0.2) is 54.2 Å². The Morgan fingerprint density at radius 3 is 2.48 bits per heavy atom. The van der Waals surface area contributed by atoms with Crippen molar-refractivity contribution in [3.8, 4) is 6.07 Å². The van der Waals surface area contributed by atoms with E-state index in [1.54, 1.807) is 12.1 Å². The predicted molar refractivity (Wildman–Crippen MR) is 113 cm³/mol. The normalized spacial score (nSPS) is 14.2. The summed E-state index contributed by atoms with van der Waals surface area (Å²) in [6.45, 7) is 3.26. The van der Waals surface area contributed by atoms with Crippen molar-refractivity contribution in [2.75, 3.05) is 48.7 Å². The van der Waals surface area contributed by atoms with Crippen molar-refractivity contribution in [3.05, 3.63) is 58.6 Å². The van der Waals surface area contributed by atoms with Crippen LogP contribution in [-0.2, 0) is 4.79 Å². The number of thioether (sulfide) groups is 1. The van der Waals surface area contributed by atoms with Gasteiger partial charge in [0.05, 0.1) is 29.0 Å². The van der Waals surface area contributed by atoms with Gasteiger partial charge in [0.2, 0.25) is 5.91 Å². The fraction of sp³-hybridized carbons (Fsp3) is 0.300. The van der Waals surface area contributed by atoms with Crippen molar-refractivity contribution in [2.45, 2.75) is 4.90 Å². The van der Waals surface area contributed by atoms with Crippen LogP contribution < -0.4 is 10.2 Å². The number of benzene rings is 2. The quantitative estimate of drug-likeness (QED) is 0.424. The Kier molecular flexibility index (Phi) is 7.05. The molecular formula is C20H21N5O3S. The average molecular weight is 411 g/mol. The number of piperazine rings is 1. The number of para-hydroxylation sites is 1. The molecule has 29 heavy (non-hydrogen) atoms. The van der Waals surface area contributed by atoms with Crippen molar-refractivity contribution in [2.24, 2.45) is 0 Å². The average Bonchev–Trinajstić information content (AvgIpc) is 2.73. The molecule has 0 aromatic heterocycles. The lowest BCUT2D eigenvalue weighted by Gasteiger charge is -2.35. The molecule has 0 atom stereocenters. The number of hydrogen-bond acceptors (Lipinski definition) is 7. The first-order valence-electron chi connectivity index (χ1n) is 9.17. The lowest BCUT2D eigenvalue weighted by molar-refractivity contribution is -0.384. The number of anilines is 2. The lowest BCUT2D eigenvalue weighted by Crippen LogP contribution is -2.48. The molecule has 1 amide bonds. The second kappa shape index (κ2) is 9.91. The highest BCUT2D eigenvalue weighted by Crippen LogP contribution is 2.26. The number of nitro groups is 1. The van der Waals surface area contributed by atoms with Crippen LogP contribution in [0.1, 0.15) is 0 Å². The molecule has 1 fully saturated rings. The molecule has 1 aliphatic heterocycles. The van der Waals surface area contributed by atoms with Gasteiger partial charge in [-0.05, 0) is 24.3 Å². The number of carbonyl (C=O) groups excluding carboxylic acids is 1. The zero-order chi connectivity index (χ0) is 20.6. The van der Waals surface area contributed by atoms with E-state index in [1.807, 2.05) is 24.3 Å². The Morgan fingerprint density at radius 2 is 1.83 bits per heavy atom. The topological polar surface area (TPSA) is 103 Å². The second-order valence-corrected chi connectivity index (χ2v) is 7.55. The zero-order valence-corrected chi connectivity index (χ0v) is 16.6. The Morgan fingerprint density at radius 1 is 1.14 bits per heavy atom. The Bertz CT molecular complexity index is 905. The summed E-state index contributed by atoms with van der Waals surface area (Å²) in [6.07, 6.45) is 0. The van der Waals surface area contributed by atoms with Gasteiger partial charge in [0.15, 0.2) is 0 Å². The number of non-ortho nitro benzene ring substituents is 1. The number of hydrogen-bond donors (Lipinski definition) is 1. The molecular weight excluding hydrogens is 390 g/mol. The minimum Gasteiger partial charge on any atom is -0.369 e. The molecule has 150 valence electrons. The van der Waals surface area contributed by atoms with E-state index in [9.17, 15) is 14.9 Å². The maximum atomic E-state index is 12.5. The first kappa shape index (κ1) is 20.6. The summed E-state index contributed by atoms with van der Waals surface area (Å²) in [7, 11) is 0. The summed E-state index contributed by atoms with van der Waals surface area (Å²) in [5.41, 5.74) is 1.75. The number of nitriles is 1. The number of nitrogens with one attached hydrogen (secondary N) is 1. The van der Waals surface area contributed by atoms with Gasteiger partial charge in [-0.25, -0.2) is 0 Å². The highest BCUT2D eigenvalue weighted by molar-refractivity contribution is 7.99. The third-order valence-corrected chi connectivity index (χ3v) is 5.56. The summed E-state index contributed by atoms with van der Waals surface area (Å²) >= 11 is 1.40. The van der Waals surface area contributed by atoms with Gasteiger partial charge in [0.25, 0.3) is 5.69 Å². The van der Waals surface area contributed by atoms with Crippen LogP contribution in [0.5, 0.6) is 0 Å². The summed E-state index contributed by atoms with van der Waals surface area (Å²) < 4.78 is 0. The minimum absolute atomic E-state index is 0.0808. The van der Waals surface area contributed by atoms with E-state index in [-0.39, 0.29) is 11.6 Å². The van der Waals surface area contributed by atoms with E-state index < -0.39 is 4.92 Å². The van der Waals surface area contributed by atoms with Crippen molar-refractivity contribution in [3.63, 3.8) is 0 Å². The largest absolute Gasteiger partial charge is 0.369 e. The van der Waals surface area contributed by atoms with Crippen LogP contribution in [0.15, 0.2) is 53.4 Å². The molecule has 1 N–H and O–H groups in total. The van der Waals surface area contributed by atoms with Gasteiger partial charge in [0, 0.05) is 48.9 Å². The SMILES string of the molecule is N#CCSc1ccccc1NC(=O)CN1CCN(c2ccc([N+](=O)[O-])cc2)CC1. The molecule has 2 aromatic carbocycles. The lowest BCUT2D eigenvalue weighted by atomic mass is 10.2. The fourth-order valence-corrected chi connectivity index (χ4v) is 3.82. The third kappa shape index (κ3) is 5.70. The molecule has 2 aromatic rings. The van der Waals surface area contributed by atoms with E-state index in [4.69, 9.17) is 5.26 Å². The van der Waals surface area contributed by atoms with E-state index in [2.05, 4.69) is 21.2 Å². The van der Waals surface area contributed by atoms with Crippen molar-refractivity contribution in [1.82, 2.24) is 4.90 Å². The number of carbonyl (C=O) groups is 1. The van der Waals surface area contributed by atoms with Gasteiger partial charge in [0.1, 0.15) is 0 Å². The van der Waals surface area contributed by atoms with Gasteiger partial charge in [-0.2, -0.15) is 5.26 Å². The van der Waals surface area contributed by atoms with E-state index in [0.29, 0.717) is 12.3 Å². The van der Waals surface area contributed by atoms with Gasteiger partial charge < -0.3 is 10.2 Å². The molecule has 9 heteroatoms. The van der Waals surface area contributed by atoms with Crippen LogP contribution in [0.2, 0.25) is 0 Å². The van der Waals surface area contributed by atoms with Gasteiger partial charge in [-0.15, -0.1) is 11.8 Å². The van der Waals surface area contributed by atoms with Crippen molar-refractivity contribution < 1.29 is 9.72 Å². The summed E-state index contributed by atoms with van der Waals surface area (Å²) in [5.74, 6) is 0.246. The summed E-state index contributed by atoms with van der Waals surface area (Å²) in [6, 6.07) is 16.1. The molecule has 8 nitrogen and oxygen atoms in total. The summed E-state index contributed by atoms with van der Waals surface area (Å²) in [4.78, 5) is 27.9. The molecule has 0 saturated carbocycles. The van der Waals surface area contributed by atoms with Crippen LogP contribution in [0.3, 0.4) is 0 Å². The van der Waals surface area contributed by atoms with Crippen molar-refractivity contribution in [1.29, 1.82) is 5.26 Å². The molecule has 0 spiro atoms. The molecule has 0 bridgehead atoms. The monoisotopic (exact) mass is 411 g/mol. The smallest absolute Gasteiger partial charge is 0.269 e. The molecule has 0 aliphatic carbocycles. The molecule has 1 heterocycles. The Balaban J connectivity index is 1.50. The van der Waals surface area contributed by atoms with Gasteiger partial charge in [-0.3, -0.25) is 19.8 Å².